The molecule has 0 fully saturated rings. The molecule has 1 aromatic heterocycles. The molecule has 0 saturated carbocycles. The standard InChI is InChI=1S/C15H15N3/c1-18-15-12(10-16)8-5-9-13(15)14(17-18)11-6-3-2-4-7-11/h2-9H,10,16H2,1H3. The van der Waals surface area contributed by atoms with Crippen LogP contribution in [-0.4, -0.2) is 9.78 Å². The van der Waals surface area contributed by atoms with Crippen LogP contribution in [0.3, 0.4) is 0 Å². The maximum Gasteiger partial charge on any atom is 0.100 e. The van der Waals surface area contributed by atoms with E-state index in [2.05, 4.69) is 29.4 Å². The molecule has 0 amide bonds. The molecule has 0 unspecified atom stereocenters. The van der Waals surface area contributed by atoms with Gasteiger partial charge < -0.3 is 5.73 Å². The van der Waals surface area contributed by atoms with Gasteiger partial charge in [0.05, 0.1) is 5.52 Å². The molecule has 2 N–H and O–H groups in total. The van der Waals surface area contributed by atoms with Crippen molar-refractivity contribution < 1.29 is 0 Å². The zero-order chi connectivity index (χ0) is 12.5. The molecule has 2 aromatic carbocycles. The number of rotatable bonds is 2. The van der Waals surface area contributed by atoms with E-state index < -0.39 is 0 Å². The third-order valence-electron chi connectivity index (χ3n) is 3.22. The lowest BCUT2D eigenvalue weighted by Gasteiger charge is -2.01. The van der Waals surface area contributed by atoms with Crippen LogP contribution < -0.4 is 5.73 Å². The van der Waals surface area contributed by atoms with Crippen molar-refractivity contribution in [3.05, 3.63) is 54.1 Å². The van der Waals surface area contributed by atoms with Crippen molar-refractivity contribution in [1.29, 1.82) is 0 Å². The first-order valence-electron chi connectivity index (χ1n) is 6.01. The van der Waals surface area contributed by atoms with Crippen molar-refractivity contribution in [2.45, 2.75) is 6.54 Å². The zero-order valence-electron chi connectivity index (χ0n) is 10.3. The van der Waals surface area contributed by atoms with E-state index in [1.54, 1.807) is 0 Å². The van der Waals surface area contributed by atoms with Gasteiger partial charge in [-0.2, -0.15) is 5.10 Å². The molecule has 0 saturated heterocycles. The molecule has 0 radical (unpaired) electrons. The normalized spacial score (nSPS) is 11.0. The van der Waals surface area contributed by atoms with E-state index in [-0.39, 0.29) is 0 Å². The van der Waals surface area contributed by atoms with Gasteiger partial charge in [-0.3, -0.25) is 4.68 Å². The summed E-state index contributed by atoms with van der Waals surface area (Å²) in [5.41, 5.74) is 10.2. The minimum atomic E-state index is 0.533. The molecule has 3 rings (SSSR count). The third-order valence-corrected chi connectivity index (χ3v) is 3.22. The number of fused-ring (bicyclic) bond motifs is 1. The summed E-state index contributed by atoms with van der Waals surface area (Å²) in [5, 5.41) is 5.79. The van der Waals surface area contributed by atoms with Crippen molar-refractivity contribution in [2.75, 3.05) is 0 Å². The van der Waals surface area contributed by atoms with Crippen LogP contribution in [0.15, 0.2) is 48.5 Å². The number of benzene rings is 2. The van der Waals surface area contributed by atoms with Crippen molar-refractivity contribution in [3.63, 3.8) is 0 Å². The Bertz CT molecular complexity index is 684. The van der Waals surface area contributed by atoms with E-state index in [0.29, 0.717) is 6.54 Å². The van der Waals surface area contributed by atoms with Crippen LogP contribution in [0, 0.1) is 0 Å². The Morgan fingerprint density at radius 2 is 1.83 bits per heavy atom. The fourth-order valence-corrected chi connectivity index (χ4v) is 2.39. The summed E-state index contributed by atoms with van der Waals surface area (Å²) in [6.45, 7) is 0.533. The van der Waals surface area contributed by atoms with Gasteiger partial charge in [-0.05, 0) is 5.56 Å². The molecule has 0 atom stereocenters. The van der Waals surface area contributed by atoms with Gasteiger partial charge in [-0.1, -0.05) is 48.5 Å². The summed E-state index contributed by atoms with van der Waals surface area (Å²) in [6.07, 6.45) is 0. The number of hydrogen-bond acceptors (Lipinski definition) is 2. The molecule has 0 bridgehead atoms. The Kier molecular flexibility index (Phi) is 2.61. The number of para-hydroxylation sites is 1. The second kappa shape index (κ2) is 4.27. The van der Waals surface area contributed by atoms with E-state index in [1.807, 2.05) is 36.0 Å². The van der Waals surface area contributed by atoms with Crippen molar-refractivity contribution in [2.24, 2.45) is 12.8 Å². The summed E-state index contributed by atoms with van der Waals surface area (Å²) >= 11 is 0. The van der Waals surface area contributed by atoms with Crippen molar-refractivity contribution >= 4 is 10.9 Å². The van der Waals surface area contributed by atoms with E-state index in [4.69, 9.17) is 5.73 Å². The molecule has 3 nitrogen and oxygen atoms in total. The predicted molar refractivity (Wildman–Crippen MR) is 74.0 cm³/mol. The van der Waals surface area contributed by atoms with Crippen LogP contribution in [0.25, 0.3) is 22.2 Å². The highest BCUT2D eigenvalue weighted by molar-refractivity contribution is 5.95. The molecule has 3 heteroatoms. The van der Waals surface area contributed by atoms with Gasteiger partial charge in [0.15, 0.2) is 0 Å². The van der Waals surface area contributed by atoms with E-state index in [0.717, 1.165) is 27.7 Å². The lowest BCUT2D eigenvalue weighted by atomic mass is 10.1. The fraction of sp³-hybridized carbons (Fsp3) is 0.133. The fourth-order valence-electron chi connectivity index (χ4n) is 2.39. The first-order valence-corrected chi connectivity index (χ1v) is 6.01. The number of nitrogens with zero attached hydrogens (tertiary/aromatic N) is 2. The first-order chi connectivity index (χ1) is 8.81. The second-order valence-corrected chi connectivity index (χ2v) is 4.36. The second-order valence-electron chi connectivity index (χ2n) is 4.36. The minimum absolute atomic E-state index is 0.533. The maximum atomic E-state index is 5.79. The van der Waals surface area contributed by atoms with Gasteiger partial charge in [0.2, 0.25) is 0 Å². The largest absolute Gasteiger partial charge is 0.326 e. The molecule has 18 heavy (non-hydrogen) atoms. The molecule has 0 aliphatic rings. The van der Waals surface area contributed by atoms with Crippen LogP contribution in [0.2, 0.25) is 0 Å². The Balaban J connectivity index is 2.33. The van der Waals surface area contributed by atoms with Gasteiger partial charge in [0.1, 0.15) is 5.69 Å². The first kappa shape index (κ1) is 11.0. The Morgan fingerprint density at radius 3 is 2.56 bits per heavy atom. The van der Waals surface area contributed by atoms with Gasteiger partial charge >= 0.3 is 0 Å². The molecule has 3 aromatic rings. The van der Waals surface area contributed by atoms with E-state index >= 15 is 0 Å². The van der Waals surface area contributed by atoms with Crippen molar-refractivity contribution in [1.82, 2.24) is 9.78 Å². The molecule has 1 heterocycles. The van der Waals surface area contributed by atoms with Crippen LogP contribution in [0.1, 0.15) is 5.56 Å². The van der Waals surface area contributed by atoms with E-state index in [9.17, 15) is 0 Å². The summed E-state index contributed by atoms with van der Waals surface area (Å²) in [4.78, 5) is 0. The third kappa shape index (κ3) is 1.60. The summed E-state index contributed by atoms with van der Waals surface area (Å²) in [6, 6.07) is 16.4. The summed E-state index contributed by atoms with van der Waals surface area (Å²) in [7, 11) is 1.97. The average Bonchev–Trinajstić information content (AvgIpc) is 2.77. The van der Waals surface area contributed by atoms with Crippen LogP contribution >= 0.6 is 0 Å². The quantitative estimate of drug-likeness (QED) is 0.744. The lowest BCUT2D eigenvalue weighted by molar-refractivity contribution is 0.795. The Labute approximate surface area is 106 Å². The average molecular weight is 237 g/mol. The molecular weight excluding hydrogens is 222 g/mol. The highest BCUT2D eigenvalue weighted by atomic mass is 15.3. The number of nitrogens with two attached hydrogens (primary N) is 1. The molecular formula is C15H15N3. The SMILES string of the molecule is Cn1nc(-c2ccccc2)c2cccc(CN)c21. The highest BCUT2D eigenvalue weighted by Gasteiger charge is 2.12. The molecule has 0 spiro atoms. The van der Waals surface area contributed by atoms with Crippen LogP contribution in [0.4, 0.5) is 0 Å². The zero-order valence-corrected chi connectivity index (χ0v) is 10.3. The molecule has 90 valence electrons. The monoisotopic (exact) mass is 237 g/mol. The summed E-state index contributed by atoms with van der Waals surface area (Å²) < 4.78 is 1.92. The highest BCUT2D eigenvalue weighted by Crippen LogP contribution is 2.29. The van der Waals surface area contributed by atoms with Gasteiger partial charge in [-0.15, -0.1) is 0 Å². The maximum absolute atomic E-state index is 5.79. The number of aryl methyl sites for hydroxylation is 1. The number of hydrogen-bond donors (Lipinski definition) is 1. The number of aromatic nitrogens is 2. The molecule has 0 aliphatic carbocycles. The van der Waals surface area contributed by atoms with Crippen LogP contribution in [0.5, 0.6) is 0 Å². The van der Waals surface area contributed by atoms with E-state index in [1.165, 1.54) is 0 Å². The smallest absolute Gasteiger partial charge is 0.100 e. The molecule has 0 aliphatic heterocycles. The van der Waals surface area contributed by atoms with Gasteiger partial charge in [0.25, 0.3) is 0 Å². The minimum Gasteiger partial charge on any atom is -0.326 e. The van der Waals surface area contributed by atoms with Gasteiger partial charge in [-0.25, -0.2) is 0 Å². The Hall–Kier alpha value is -2.13. The van der Waals surface area contributed by atoms with Gasteiger partial charge in [0, 0.05) is 24.5 Å². The van der Waals surface area contributed by atoms with Crippen LogP contribution in [-0.2, 0) is 13.6 Å². The van der Waals surface area contributed by atoms with Crippen molar-refractivity contribution in [3.8, 4) is 11.3 Å². The predicted octanol–water partition coefficient (Wildman–Crippen LogP) is 2.70. The summed E-state index contributed by atoms with van der Waals surface area (Å²) in [5.74, 6) is 0. The lowest BCUT2D eigenvalue weighted by Crippen LogP contribution is -2.00. The topological polar surface area (TPSA) is 43.8 Å². The Morgan fingerprint density at radius 1 is 1.06 bits per heavy atom.